The highest BCUT2D eigenvalue weighted by Crippen LogP contribution is 2.24. The van der Waals surface area contributed by atoms with E-state index in [0.29, 0.717) is 12.1 Å². The Bertz CT molecular complexity index is 933. The molecular weight excluding hydrogens is 344 g/mol. The predicted octanol–water partition coefficient (Wildman–Crippen LogP) is 2.58. The van der Waals surface area contributed by atoms with Gasteiger partial charge in [0.15, 0.2) is 0 Å². The maximum absolute atomic E-state index is 11.8. The number of carbonyl (C=O) groups is 1. The number of rotatable bonds is 4. The van der Waals surface area contributed by atoms with Crippen LogP contribution in [-0.2, 0) is 11.3 Å². The monoisotopic (exact) mass is 362 g/mol. The number of H-pyrrole nitrogens is 1. The molecule has 2 aromatic heterocycles. The van der Waals surface area contributed by atoms with Gasteiger partial charge < -0.3 is 4.74 Å². The maximum Gasteiger partial charge on any atom is 0.338 e. The van der Waals surface area contributed by atoms with Crippen LogP contribution in [0.25, 0.3) is 11.1 Å². The van der Waals surface area contributed by atoms with Crippen LogP contribution >= 0.6 is 0 Å². The third-order valence-corrected chi connectivity index (χ3v) is 3.74. The zero-order valence-corrected chi connectivity index (χ0v) is 14.7. The minimum atomic E-state index is -0.331. The number of nitrogens with one attached hydrogen (secondary N) is 1. The molecule has 0 aliphatic carbocycles. The first-order valence-electron chi connectivity index (χ1n) is 8.16. The van der Waals surface area contributed by atoms with Gasteiger partial charge in [-0.1, -0.05) is 42.5 Å². The molecule has 0 radical (unpaired) electrons. The van der Waals surface area contributed by atoms with Crippen molar-refractivity contribution in [2.45, 2.75) is 6.54 Å². The van der Waals surface area contributed by atoms with E-state index in [1.807, 2.05) is 42.5 Å². The molecule has 0 unspecified atom stereocenters. The fourth-order valence-corrected chi connectivity index (χ4v) is 2.48. The molecule has 2 aromatic carbocycles. The number of aromatic nitrogens is 6. The van der Waals surface area contributed by atoms with E-state index in [9.17, 15) is 4.79 Å². The van der Waals surface area contributed by atoms with Gasteiger partial charge in [0.25, 0.3) is 0 Å². The molecule has 0 saturated carbocycles. The summed E-state index contributed by atoms with van der Waals surface area (Å²) in [5.41, 5.74) is 3.52. The van der Waals surface area contributed by atoms with Crippen molar-refractivity contribution in [2.75, 3.05) is 7.11 Å². The lowest BCUT2D eigenvalue weighted by Crippen LogP contribution is -2.03. The van der Waals surface area contributed by atoms with Gasteiger partial charge in [0.1, 0.15) is 12.7 Å². The van der Waals surface area contributed by atoms with E-state index in [0.717, 1.165) is 16.7 Å². The summed E-state index contributed by atoms with van der Waals surface area (Å²) in [6, 6.07) is 15.4. The summed E-state index contributed by atoms with van der Waals surface area (Å²) in [4.78, 5) is 15.8. The van der Waals surface area contributed by atoms with Gasteiger partial charge in [-0.3, -0.25) is 0 Å². The summed E-state index contributed by atoms with van der Waals surface area (Å²) >= 11 is 0. The fraction of sp³-hybridized carbons (Fsp3) is 0.105. The van der Waals surface area contributed by atoms with Crippen molar-refractivity contribution in [3.8, 4) is 11.1 Å². The Kier molecular flexibility index (Phi) is 6.03. The molecule has 0 amide bonds. The number of nitrogens with zero attached hydrogens (tertiary/aromatic N) is 5. The average Bonchev–Trinajstić information content (AvgIpc) is 3.45. The van der Waals surface area contributed by atoms with Crippen LogP contribution in [0.3, 0.4) is 0 Å². The third-order valence-electron chi connectivity index (χ3n) is 3.74. The first-order chi connectivity index (χ1) is 13.3. The van der Waals surface area contributed by atoms with E-state index >= 15 is 0 Å². The van der Waals surface area contributed by atoms with E-state index < -0.39 is 0 Å². The van der Waals surface area contributed by atoms with Gasteiger partial charge in [0, 0.05) is 0 Å². The van der Waals surface area contributed by atoms with Gasteiger partial charge in [0.05, 0.1) is 31.6 Å². The second kappa shape index (κ2) is 9.04. The van der Waals surface area contributed by atoms with Crippen molar-refractivity contribution in [1.29, 1.82) is 0 Å². The lowest BCUT2D eigenvalue weighted by Gasteiger charge is -2.09. The van der Waals surface area contributed by atoms with Gasteiger partial charge in [-0.05, 0) is 22.8 Å². The van der Waals surface area contributed by atoms with E-state index in [1.165, 1.54) is 13.4 Å². The summed E-state index contributed by atoms with van der Waals surface area (Å²) in [6.07, 6.45) is 6.36. The van der Waals surface area contributed by atoms with Gasteiger partial charge in [-0.2, -0.15) is 20.5 Å². The second-order valence-electron chi connectivity index (χ2n) is 5.48. The van der Waals surface area contributed by atoms with Gasteiger partial charge in [0.2, 0.25) is 0 Å². The highest BCUT2D eigenvalue weighted by Gasteiger charge is 2.12. The van der Waals surface area contributed by atoms with Gasteiger partial charge in [-0.25, -0.2) is 14.5 Å². The van der Waals surface area contributed by atoms with E-state index in [1.54, 1.807) is 29.5 Å². The molecule has 1 N–H and O–H groups in total. The number of benzene rings is 2. The quantitative estimate of drug-likeness (QED) is 0.560. The summed E-state index contributed by atoms with van der Waals surface area (Å²) in [5, 5.41) is 13.4. The molecule has 4 aromatic rings. The standard InChI is InChI=1S/C17H15N3O2.C2H3N3/c1-22-17(21)16-5-3-2-4-15(16)14-8-6-13(7-9-14)10-20-12-18-11-19-20;1-2-4-5-3-1/h2-9,11-12H,10H2,1H3;1-2H,(H,3,4,5). The van der Waals surface area contributed by atoms with Crippen LogP contribution in [0.2, 0.25) is 0 Å². The summed E-state index contributed by atoms with van der Waals surface area (Å²) < 4.78 is 6.60. The van der Waals surface area contributed by atoms with Gasteiger partial charge >= 0.3 is 5.97 Å². The Balaban J connectivity index is 0.000000364. The Hall–Kier alpha value is -3.81. The molecule has 0 saturated heterocycles. The molecule has 4 rings (SSSR count). The molecule has 0 aliphatic heterocycles. The van der Waals surface area contributed by atoms with E-state index in [-0.39, 0.29) is 5.97 Å². The molecule has 8 nitrogen and oxygen atoms in total. The molecule has 0 spiro atoms. The summed E-state index contributed by atoms with van der Waals surface area (Å²) in [6.45, 7) is 0.666. The Labute approximate surface area is 155 Å². The summed E-state index contributed by atoms with van der Waals surface area (Å²) in [5.74, 6) is -0.331. The number of hydrogen-bond acceptors (Lipinski definition) is 6. The molecule has 0 bridgehead atoms. The SMILES string of the molecule is COC(=O)c1ccccc1-c1ccc(Cn2cncn2)cc1.c1cn[nH]n1. The highest BCUT2D eigenvalue weighted by molar-refractivity contribution is 5.97. The number of hydrogen-bond donors (Lipinski definition) is 1. The molecule has 0 atom stereocenters. The van der Waals surface area contributed by atoms with Crippen LogP contribution in [0.4, 0.5) is 0 Å². The van der Waals surface area contributed by atoms with Crippen LogP contribution < -0.4 is 0 Å². The number of ether oxygens (including phenoxy) is 1. The first kappa shape index (κ1) is 18.0. The van der Waals surface area contributed by atoms with Gasteiger partial charge in [-0.15, -0.1) is 0 Å². The van der Waals surface area contributed by atoms with Crippen LogP contribution in [-0.4, -0.2) is 43.3 Å². The number of aromatic amines is 1. The lowest BCUT2D eigenvalue weighted by molar-refractivity contribution is 0.0601. The zero-order valence-electron chi connectivity index (χ0n) is 14.7. The normalized spacial score (nSPS) is 9.96. The molecule has 0 fully saturated rings. The topological polar surface area (TPSA) is 98.6 Å². The number of carbonyl (C=O) groups excluding carboxylic acids is 1. The van der Waals surface area contributed by atoms with Crippen molar-refractivity contribution in [1.82, 2.24) is 30.2 Å². The molecule has 27 heavy (non-hydrogen) atoms. The Morgan fingerprint density at radius 1 is 1.07 bits per heavy atom. The van der Waals surface area contributed by atoms with Crippen molar-refractivity contribution in [2.24, 2.45) is 0 Å². The maximum atomic E-state index is 11.8. The van der Waals surface area contributed by atoms with Crippen LogP contribution in [0.1, 0.15) is 15.9 Å². The number of esters is 1. The zero-order chi connectivity index (χ0) is 18.9. The third kappa shape index (κ3) is 4.85. The predicted molar refractivity (Wildman–Crippen MR) is 98.7 cm³/mol. The smallest absolute Gasteiger partial charge is 0.338 e. The van der Waals surface area contributed by atoms with Crippen molar-refractivity contribution in [3.63, 3.8) is 0 Å². The average molecular weight is 362 g/mol. The lowest BCUT2D eigenvalue weighted by atomic mass is 9.99. The van der Waals surface area contributed by atoms with E-state index in [2.05, 4.69) is 25.5 Å². The van der Waals surface area contributed by atoms with Crippen molar-refractivity contribution < 1.29 is 9.53 Å². The molecule has 0 aliphatic rings. The first-order valence-corrected chi connectivity index (χ1v) is 8.16. The number of methoxy groups -OCH3 is 1. The van der Waals surface area contributed by atoms with Crippen molar-refractivity contribution >= 4 is 5.97 Å². The molecule has 136 valence electrons. The molecule has 8 heteroatoms. The highest BCUT2D eigenvalue weighted by atomic mass is 16.5. The van der Waals surface area contributed by atoms with E-state index in [4.69, 9.17) is 4.74 Å². The fourth-order valence-electron chi connectivity index (χ4n) is 2.48. The second-order valence-corrected chi connectivity index (χ2v) is 5.48. The minimum Gasteiger partial charge on any atom is -0.465 e. The molecule has 2 heterocycles. The van der Waals surface area contributed by atoms with Crippen LogP contribution in [0, 0.1) is 0 Å². The molecular formula is C19H18N6O2. The van der Waals surface area contributed by atoms with Crippen LogP contribution in [0.5, 0.6) is 0 Å². The van der Waals surface area contributed by atoms with Crippen molar-refractivity contribution in [3.05, 3.63) is 84.7 Å². The Morgan fingerprint density at radius 3 is 2.41 bits per heavy atom. The van der Waals surface area contributed by atoms with Crippen LogP contribution in [0.15, 0.2) is 73.6 Å². The largest absolute Gasteiger partial charge is 0.465 e. The Morgan fingerprint density at radius 2 is 1.81 bits per heavy atom. The minimum absolute atomic E-state index is 0.331. The summed E-state index contributed by atoms with van der Waals surface area (Å²) in [7, 11) is 1.39.